The van der Waals surface area contributed by atoms with Crippen LogP contribution in [0.1, 0.15) is 57.8 Å². The Hall–Kier alpha value is -1.62. The van der Waals surface area contributed by atoms with Crippen LogP contribution in [0.3, 0.4) is 0 Å². The average molecular weight is 346 g/mol. The molecule has 3 rings (SSSR count). The zero-order valence-electron chi connectivity index (χ0n) is 15.0. The molecule has 0 aromatic heterocycles. The summed E-state index contributed by atoms with van der Waals surface area (Å²) in [7, 11) is 0. The van der Waals surface area contributed by atoms with E-state index in [1.54, 1.807) is 0 Å². The molecule has 2 atom stereocenters. The topological polar surface area (TPSA) is 67.4 Å². The summed E-state index contributed by atoms with van der Waals surface area (Å²) in [6, 6.07) is 0.407. The molecule has 1 heterocycles. The summed E-state index contributed by atoms with van der Waals surface area (Å²) < 4.78 is 5.46. The molecule has 0 unspecified atom stereocenters. The monoisotopic (exact) mass is 346 g/mol. The fraction of sp³-hybridized carbons (Fsp3) is 0.700. The molecule has 0 aromatic carbocycles. The molecule has 3 aliphatic rings. The molecule has 1 fully saturated rings. The van der Waals surface area contributed by atoms with E-state index in [-0.39, 0.29) is 30.3 Å². The molecule has 1 saturated heterocycles. The first-order valence-electron chi connectivity index (χ1n) is 9.66. The van der Waals surface area contributed by atoms with Crippen LogP contribution in [0.4, 0.5) is 0 Å². The molecule has 5 nitrogen and oxygen atoms in total. The Morgan fingerprint density at radius 1 is 0.920 bits per heavy atom. The van der Waals surface area contributed by atoms with Gasteiger partial charge in [0.25, 0.3) is 0 Å². The highest BCUT2D eigenvalue weighted by Crippen LogP contribution is 2.35. The zero-order valence-corrected chi connectivity index (χ0v) is 15.0. The number of allylic oxidation sites excluding steroid dienone is 2. The van der Waals surface area contributed by atoms with Gasteiger partial charge in [-0.3, -0.25) is 9.59 Å². The van der Waals surface area contributed by atoms with E-state index in [0.29, 0.717) is 26.1 Å². The minimum Gasteiger partial charge on any atom is -0.381 e. The summed E-state index contributed by atoms with van der Waals surface area (Å²) in [5, 5.41) is 6.33. The van der Waals surface area contributed by atoms with E-state index in [9.17, 15) is 9.59 Å². The van der Waals surface area contributed by atoms with Gasteiger partial charge in [0, 0.05) is 31.7 Å². The maximum atomic E-state index is 13.0. The summed E-state index contributed by atoms with van der Waals surface area (Å²) in [5.41, 5.74) is -0.617. The maximum Gasteiger partial charge on any atom is 0.227 e. The van der Waals surface area contributed by atoms with E-state index in [4.69, 9.17) is 4.74 Å². The Kier molecular flexibility index (Phi) is 6.29. The van der Waals surface area contributed by atoms with E-state index in [1.165, 1.54) is 0 Å². The normalized spacial score (nSPS) is 28.3. The SMILES string of the molecule is O=C(CC1(C(=O)N[C@H]2CC=CCC2)CCOCC1)N[C@@H]1CC=CCC1. The van der Waals surface area contributed by atoms with E-state index in [2.05, 4.69) is 34.9 Å². The summed E-state index contributed by atoms with van der Waals surface area (Å²) in [6.45, 7) is 1.11. The molecule has 0 spiro atoms. The number of ether oxygens (including phenoxy) is 1. The van der Waals surface area contributed by atoms with Crippen molar-refractivity contribution in [2.45, 2.75) is 69.9 Å². The highest BCUT2D eigenvalue weighted by Gasteiger charge is 2.42. The minimum atomic E-state index is -0.617. The van der Waals surface area contributed by atoms with Gasteiger partial charge in [-0.2, -0.15) is 0 Å². The fourth-order valence-corrected chi connectivity index (χ4v) is 4.02. The van der Waals surface area contributed by atoms with Crippen LogP contribution in [-0.4, -0.2) is 37.1 Å². The molecule has 2 amide bonds. The van der Waals surface area contributed by atoms with Gasteiger partial charge in [-0.05, 0) is 51.4 Å². The second kappa shape index (κ2) is 8.65. The van der Waals surface area contributed by atoms with Crippen molar-refractivity contribution >= 4 is 11.8 Å². The van der Waals surface area contributed by atoms with Crippen molar-refractivity contribution in [3.63, 3.8) is 0 Å². The quantitative estimate of drug-likeness (QED) is 0.752. The second-order valence-corrected chi connectivity index (χ2v) is 7.57. The van der Waals surface area contributed by atoms with Crippen molar-refractivity contribution in [2.75, 3.05) is 13.2 Å². The predicted molar refractivity (Wildman–Crippen MR) is 96.9 cm³/mol. The van der Waals surface area contributed by atoms with Crippen LogP contribution in [0.2, 0.25) is 0 Å². The van der Waals surface area contributed by atoms with Crippen molar-refractivity contribution < 1.29 is 14.3 Å². The minimum absolute atomic E-state index is 0.000824. The lowest BCUT2D eigenvalue weighted by molar-refractivity contribution is -0.143. The van der Waals surface area contributed by atoms with E-state index >= 15 is 0 Å². The van der Waals surface area contributed by atoms with Gasteiger partial charge in [-0.1, -0.05) is 24.3 Å². The van der Waals surface area contributed by atoms with Gasteiger partial charge in [-0.25, -0.2) is 0 Å². The van der Waals surface area contributed by atoms with Gasteiger partial charge in [-0.15, -0.1) is 0 Å². The molecule has 0 aromatic rings. The molecule has 5 heteroatoms. The van der Waals surface area contributed by atoms with Crippen molar-refractivity contribution in [3.05, 3.63) is 24.3 Å². The first-order valence-corrected chi connectivity index (χ1v) is 9.66. The molecule has 138 valence electrons. The number of amides is 2. The Labute approximate surface area is 150 Å². The fourth-order valence-electron chi connectivity index (χ4n) is 4.02. The van der Waals surface area contributed by atoms with Gasteiger partial charge in [0.2, 0.25) is 11.8 Å². The number of carbonyl (C=O) groups excluding carboxylic acids is 2. The van der Waals surface area contributed by atoms with Crippen molar-refractivity contribution in [2.24, 2.45) is 5.41 Å². The van der Waals surface area contributed by atoms with Gasteiger partial charge in [0.15, 0.2) is 0 Å². The molecule has 25 heavy (non-hydrogen) atoms. The molecular formula is C20H30N2O3. The average Bonchev–Trinajstić information content (AvgIpc) is 2.64. The van der Waals surface area contributed by atoms with Crippen LogP contribution in [0.15, 0.2) is 24.3 Å². The summed E-state index contributed by atoms with van der Waals surface area (Å²) in [6.07, 6.45) is 15.9. The molecule has 1 aliphatic heterocycles. The largest absolute Gasteiger partial charge is 0.381 e. The van der Waals surface area contributed by atoms with Crippen molar-refractivity contribution in [1.82, 2.24) is 10.6 Å². The molecule has 0 radical (unpaired) electrons. The van der Waals surface area contributed by atoms with E-state index in [0.717, 1.165) is 38.5 Å². The molecule has 2 aliphatic carbocycles. The zero-order chi connectivity index (χ0) is 17.5. The Bertz CT molecular complexity index is 535. The van der Waals surface area contributed by atoms with Gasteiger partial charge >= 0.3 is 0 Å². The Morgan fingerprint density at radius 3 is 2.08 bits per heavy atom. The smallest absolute Gasteiger partial charge is 0.227 e. The lowest BCUT2D eigenvalue weighted by Crippen LogP contribution is -2.51. The molecular weight excluding hydrogens is 316 g/mol. The van der Waals surface area contributed by atoms with Gasteiger partial charge < -0.3 is 15.4 Å². The molecule has 2 N–H and O–H groups in total. The highest BCUT2D eigenvalue weighted by molar-refractivity contribution is 5.89. The number of hydrogen-bond donors (Lipinski definition) is 2. The van der Waals surface area contributed by atoms with Crippen LogP contribution in [0.5, 0.6) is 0 Å². The highest BCUT2D eigenvalue weighted by atomic mass is 16.5. The van der Waals surface area contributed by atoms with Crippen LogP contribution in [0.25, 0.3) is 0 Å². The summed E-state index contributed by atoms with van der Waals surface area (Å²) >= 11 is 0. The number of carbonyl (C=O) groups is 2. The van der Waals surface area contributed by atoms with E-state index in [1.807, 2.05) is 0 Å². The third-order valence-electron chi connectivity index (χ3n) is 5.67. The van der Waals surface area contributed by atoms with Crippen LogP contribution in [-0.2, 0) is 14.3 Å². The maximum absolute atomic E-state index is 13.0. The number of rotatable bonds is 5. The van der Waals surface area contributed by atoms with Crippen LogP contribution in [0, 0.1) is 5.41 Å². The number of hydrogen-bond acceptors (Lipinski definition) is 3. The van der Waals surface area contributed by atoms with E-state index < -0.39 is 5.41 Å². The summed E-state index contributed by atoms with van der Waals surface area (Å²) in [4.78, 5) is 25.6. The van der Waals surface area contributed by atoms with Gasteiger partial charge in [0.05, 0.1) is 5.41 Å². The first kappa shape index (κ1) is 18.2. The van der Waals surface area contributed by atoms with Crippen molar-refractivity contribution in [3.8, 4) is 0 Å². The molecule has 0 saturated carbocycles. The lowest BCUT2D eigenvalue weighted by atomic mass is 9.75. The third-order valence-corrected chi connectivity index (χ3v) is 5.67. The summed E-state index contributed by atoms with van der Waals surface area (Å²) in [5.74, 6) is 0.0377. The van der Waals surface area contributed by atoms with Gasteiger partial charge in [0.1, 0.15) is 0 Å². The number of nitrogens with one attached hydrogen (secondary N) is 2. The second-order valence-electron chi connectivity index (χ2n) is 7.57. The Morgan fingerprint density at radius 2 is 1.52 bits per heavy atom. The third kappa shape index (κ3) is 4.94. The first-order chi connectivity index (χ1) is 12.2. The van der Waals surface area contributed by atoms with Crippen molar-refractivity contribution in [1.29, 1.82) is 0 Å². The lowest BCUT2D eigenvalue weighted by Gasteiger charge is -2.37. The molecule has 0 bridgehead atoms. The Balaban J connectivity index is 1.60. The predicted octanol–water partition coefficient (Wildman–Crippen LogP) is 2.62. The van der Waals surface area contributed by atoms with Crippen LogP contribution >= 0.6 is 0 Å². The van der Waals surface area contributed by atoms with Crippen LogP contribution < -0.4 is 10.6 Å². The standard InChI is InChI=1S/C20H30N2O3/c23-18(21-16-7-3-1-4-8-16)15-20(11-13-25-14-12-20)19(24)22-17-9-5-2-6-10-17/h1-3,5,16-17H,4,6-15H2,(H,21,23)(H,22,24)/t16-,17+/m1/s1.